The van der Waals surface area contributed by atoms with Crippen molar-refractivity contribution < 1.29 is 23.8 Å². The van der Waals surface area contributed by atoms with E-state index in [0.717, 1.165) is 0 Å². The number of hydrogen-bond donors (Lipinski definition) is 1. The Morgan fingerprint density at radius 3 is 2.48 bits per heavy atom. The monoisotopic (exact) mass is 394 g/mol. The number of benzene rings is 2. The standard InChI is InChI=1S/C22H22N2O5/c1-4-27-19-8-6-7-18(13-19)24-22(26)17(14-23)11-16-9-10-20(29-15(3)25)21(12-16)28-5-2/h6-13H,4-5H2,1-3H3,(H,24,26)/b17-11+. The SMILES string of the molecule is CCOc1cccc(NC(=O)/C(C#N)=C/c2ccc(OC(C)=O)c(OCC)c2)c1. The molecule has 0 spiro atoms. The van der Waals surface area contributed by atoms with Crippen LogP contribution in [0.3, 0.4) is 0 Å². The molecular weight excluding hydrogens is 372 g/mol. The Kier molecular flexibility index (Phi) is 7.80. The van der Waals surface area contributed by atoms with E-state index in [1.165, 1.54) is 13.0 Å². The molecule has 7 heteroatoms. The highest BCUT2D eigenvalue weighted by atomic mass is 16.6. The Labute approximate surface area is 169 Å². The van der Waals surface area contributed by atoms with Crippen molar-refractivity contribution >= 4 is 23.6 Å². The lowest BCUT2D eigenvalue weighted by atomic mass is 10.1. The normalized spacial score (nSPS) is 10.6. The molecule has 0 bridgehead atoms. The molecule has 0 aromatic heterocycles. The summed E-state index contributed by atoms with van der Waals surface area (Å²) in [5.74, 6) is 0.213. The fourth-order valence-corrected chi connectivity index (χ4v) is 2.47. The average molecular weight is 394 g/mol. The van der Waals surface area contributed by atoms with Gasteiger partial charge in [-0.25, -0.2) is 0 Å². The van der Waals surface area contributed by atoms with Crippen LogP contribution in [0.1, 0.15) is 26.3 Å². The van der Waals surface area contributed by atoms with Gasteiger partial charge in [-0.2, -0.15) is 5.26 Å². The lowest BCUT2D eigenvalue weighted by molar-refractivity contribution is -0.132. The van der Waals surface area contributed by atoms with Gasteiger partial charge >= 0.3 is 5.97 Å². The number of carbonyl (C=O) groups excluding carboxylic acids is 2. The molecule has 150 valence electrons. The number of rotatable bonds is 8. The zero-order chi connectivity index (χ0) is 21.2. The smallest absolute Gasteiger partial charge is 0.308 e. The average Bonchev–Trinajstić information content (AvgIpc) is 2.68. The van der Waals surface area contributed by atoms with Crippen LogP contribution < -0.4 is 19.5 Å². The topological polar surface area (TPSA) is 97.6 Å². The van der Waals surface area contributed by atoms with E-state index in [-0.39, 0.29) is 11.3 Å². The largest absolute Gasteiger partial charge is 0.494 e. The van der Waals surface area contributed by atoms with Crippen LogP contribution in [0.5, 0.6) is 17.2 Å². The second-order valence-corrected chi connectivity index (χ2v) is 5.82. The zero-order valence-electron chi connectivity index (χ0n) is 16.5. The molecule has 0 aliphatic carbocycles. The number of amides is 1. The Hall–Kier alpha value is -3.79. The van der Waals surface area contributed by atoms with Gasteiger partial charge in [-0.3, -0.25) is 9.59 Å². The van der Waals surface area contributed by atoms with Crippen LogP contribution in [0.2, 0.25) is 0 Å². The van der Waals surface area contributed by atoms with Crippen LogP contribution in [0.15, 0.2) is 48.0 Å². The van der Waals surface area contributed by atoms with Gasteiger partial charge < -0.3 is 19.5 Å². The number of nitrogens with one attached hydrogen (secondary N) is 1. The van der Waals surface area contributed by atoms with Crippen molar-refractivity contribution in [3.63, 3.8) is 0 Å². The summed E-state index contributed by atoms with van der Waals surface area (Å²) >= 11 is 0. The maximum absolute atomic E-state index is 12.5. The first kappa shape index (κ1) is 21.5. The van der Waals surface area contributed by atoms with Crippen molar-refractivity contribution in [2.24, 2.45) is 0 Å². The van der Waals surface area contributed by atoms with Gasteiger partial charge in [-0.05, 0) is 49.8 Å². The molecule has 0 fully saturated rings. The summed E-state index contributed by atoms with van der Waals surface area (Å²) in [6, 6.07) is 13.6. The molecule has 7 nitrogen and oxygen atoms in total. The molecule has 0 heterocycles. The van der Waals surface area contributed by atoms with Gasteiger partial charge in [0.1, 0.15) is 17.4 Å². The fourth-order valence-electron chi connectivity index (χ4n) is 2.47. The van der Waals surface area contributed by atoms with Gasteiger partial charge in [0.15, 0.2) is 11.5 Å². The molecular formula is C22H22N2O5. The second kappa shape index (κ2) is 10.5. The predicted molar refractivity (Wildman–Crippen MR) is 109 cm³/mol. The number of carbonyl (C=O) groups is 2. The van der Waals surface area contributed by atoms with Crippen molar-refractivity contribution in [1.29, 1.82) is 5.26 Å². The third-order valence-electron chi connectivity index (χ3n) is 3.60. The summed E-state index contributed by atoms with van der Waals surface area (Å²) in [5, 5.41) is 12.1. The van der Waals surface area contributed by atoms with Gasteiger partial charge in [-0.15, -0.1) is 0 Å². The van der Waals surface area contributed by atoms with Gasteiger partial charge in [0, 0.05) is 18.7 Å². The van der Waals surface area contributed by atoms with E-state index < -0.39 is 11.9 Å². The van der Waals surface area contributed by atoms with Crippen LogP contribution in [0, 0.1) is 11.3 Å². The molecule has 29 heavy (non-hydrogen) atoms. The molecule has 0 aliphatic heterocycles. The molecule has 1 amide bonds. The fraction of sp³-hybridized carbons (Fsp3) is 0.227. The van der Waals surface area contributed by atoms with Gasteiger partial charge in [0.25, 0.3) is 5.91 Å². The number of esters is 1. The number of anilines is 1. The maximum atomic E-state index is 12.5. The summed E-state index contributed by atoms with van der Waals surface area (Å²) in [6.45, 7) is 5.83. The van der Waals surface area contributed by atoms with Gasteiger partial charge in [0.2, 0.25) is 0 Å². The molecule has 1 N–H and O–H groups in total. The summed E-state index contributed by atoms with van der Waals surface area (Å²) in [4.78, 5) is 23.7. The van der Waals surface area contributed by atoms with E-state index in [1.54, 1.807) is 49.4 Å². The van der Waals surface area contributed by atoms with E-state index in [4.69, 9.17) is 14.2 Å². The van der Waals surface area contributed by atoms with E-state index >= 15 is 0 Å². The molecule has 0 atom stereocenters. The minimum absolute atomic E-state index is 0.0884. The molecule has 2 rings (SSSR count). The highest BCUT2D eigenvalue weighted by Crippen LogP contribution is 2.29. The number of nitriles is 1. The molecule has 0 aliphatic rings. The highest BCUT2D eigenvalue weighted by Gasteiger charge is 2.12. The molecule has 0 unspecified atom stereocenters. The molecule has 2 aromatic rings. The highest BCUT2D eigenvalue weighted by molar-refractivity contribution is 6.09. The quantitative estimate of drug-likeness (QED) is 0.315. The van der Waals surface area contributed by atoms with E-state index in [0.29, 0.717) is 36.0 Å². The van der Waals surface area contributed by atoms with Crippen LogP contribution in [-0.4, -0.2) is 25.1 Å². The Bertz CT molecular complexity index is 960. The van der Waals surface area contributed by atoms with Crippen molar-refractivity contribution in [1.82, 2.24) is 0 Å². The van der Waals surface area contributed by atoms with Crippen LogP contribution >= 0.6 is 0 Å². The summed E-state index contributed by atoms with van der Waals surface area (Å²) in [5.41, 5.74) is 0.982. The Morgan fingerprint density at radius 1 is 1.07 bits per heavy atom. The van der Waals surface area contributed by atoms with Crippen LogP contribution in [-0.2, 0) is 9.59 Å². The summed E-state index contributed by atoms with van der Waals surface area (Å²) < 4.78 is 16.0. The minimum atomic E-state index is -0.553. The van der Waals surface area contributed by atoms with Crippen molar-refractivity contribution in [3.05, 3.63) is 53.6 Å². The molecule has 0 saturated heterocycles. The second-order valence-electron chi connectivity index (χ2n) is 5.82. The van der Waals surface area contributed by atoms with Crippen LogP contribution in [0.4, 0.5) is 5.69 Å². The molecule has 0 saturated carbocycles. The Morgan fingerprint density at radius 2 is 1.83 bits per heavy atom. The molecule has 2 aromatic carbocycles. The number of nitrogens with zero attached hydrogens (tertiary/aromatic N) is 1. The first-order valence-corrected chi connectivity index (χ1v) is 9.08. The minimum Gasteiger partial charge on any atom is -0.494 e. The van der Waals surface area contributed by atoms with E-state index in [9.17, 15) is 14.9 Å². The third-order valence-corrected chi connectivity index (χ3v) is 3.60. The van der Waals surface area contributed by atoms with E-state index in [1.807, 2.05) is 13.0 Å². The van der Waals surface area contributed by atoms with Crippen LogP contribution in [0.25, 0.3) is 6.08 Å². The number of ether oxygens (including phenoxy) is 3. The van der Waals surface area contributed by atoms with Crippen molar-refractivity contribution in [3.8, 4) is 23.3 Å². The van der Waals surface area contributed by atoms with Gasteiger partial charge in [0.05, 0.1) is 13.2 Å². The molecule has 0 radical (unpaired) electrons. The summed E-state index contributed by atoms with van der Waals surface area (Å²) in [7, 11) is 0. The first-order valence-electron chi connectivity index (χ1n) is 9.08. The van der Waals surface area contributed by atoms with E-state index in [2.05, 4.69) is 5.32 Å². The van der Waals surface area contributed by atoms with Gasteiger partial charge in [-0.1, -0.05) is 12.1 Å². The lowest BCUT2D eigenvalue weighted by Crippen LogP contribution is -2.13. The Balaban J connectivity index is 2.25. The van der Waals surface area contributed by atoms with Crippen molar-refractivity contribution in [2.45, 2.75) is 20.8 Å². The van der Waals surface area contributed by atoms with Crippen molar-refractivity contribution in [2.75, 3.05) is 18.5 Å². The maximum Gasteiger partial charge on any atom is 0.308 e. The summed E-state index contributed by atoms with van der Waals surface area (Å²) in [6.07, 6.45) is 1.43. The first-order chi connectivity index (χ1) is 14.0. The number of hydrogen-bond acceptors (Lipinski definition) is 6. The zero-order valence-corrected chi connectivity index (χ0v) is 16.5. The third kappa shape index (κ3) is 6.40. The predicted octanol–water partition coefficient (Wildman–Crippen LogP) is 3.95. The lowest BCUT2D eigenvalue weighted by Gasteiger charge is -2.10.